The van der Waals surface area contributed by atoms with Gasteiger partial charge in [0.25, 0.3) is 5.91 Å². The van der Waals surface area contributed by atoms with Gasteiger partial charge in [-0.25, -0.2) is 8.42 Å². The molecule has 8 nitrogen and oxygen atoms in total. The molecule has 2 amide bonds. The SMILES string of the molecule is O=C(c1cccc(S(=O)(=O)N2CCOCC2)c1)N1CCN(C(=O)C2CCC2)CC1. The first-order valence-electron chi connectivity index (χ1n) is 10.2. The Morgan fingerprint density at radius 1 is 0.931 bits per heavy atom. The molecule has 9 heteroatoms. The van der Waals surface area contributed by atoms with Gasteiger partial charge in [-0.15, -0.1) is 0 Å². The van der Waals surface area contributed by atoms with Crippen molar-refractivity contribution in [2.75, 3.05) is 52.5 Å². The fourth-order valence-corrected chi connectivity index (χ4v) is 5.41. The highest BCUT2D eigenvalue weighted by atomic mass is 32.2. The van der Waals surface area contributed by atoms with Gasteiger partial charge < -0.3 is 14.5 Å². The summed E-state index contributed by atoms with van der Waals surface area (Å²) in [5.74, 6) is 0.182. The largest absolute Gasteiger partial charge is 0.379 e. The van der Waals surface area contributed by atoms with Crippen molar-refractivity contribution in [3.63, 3.8) is 0 Å². The summed E-state index contributed by atoms with van der Waals surface area (Å²) in [5, 5.41) is 0. The molecule has 2 aliphatic heterocycles. The molecule has 3 fully saturated rings. The summed E-state index contributed by atoms with van der Waals surface area (Å²) in [4.78, 5) is 29.0. The van der Waals surface area contributed by atoms with Crippen molar-refractivity contribution in [1.82, 2.24) is 14.1 Å². The van der Waals surface area contributed by atoms with E-state index in [0.29, 0.717) is 58.0 Å². The monoisotopic (exact) mass is 421 g/mol. The number of benzene rings is 1. The zero-order valence-electron chi connectivity index (χ0n) is 16.5. The van der Waals surface area contributed by atoms with E-state index in [0.717, 1.165) is 19.3 Å². The molecular weight excluding hydrogens is 394 g/mol. The predicted molar refractivity (Wildman–Crippen MR) is 106 cm³/mol. The van der Waals surface area contributed by atoms with Gasteiger partial charge in [-0.3, -0.25) is 9.59 Å². The third kappa shape index (κ3) is 4.17. The van der Waals surface area contributed by atoms with Gasteiger partial charge in [-0.1, -0.05) is 12.5 Å². The first-order chi connectivity index (χ1) is 14.0. The Labute approximate surface area is 171 Å². The number of carbonyl (C=O) groups excluding carboxylic acids is 2. The van der Waals surface area contributed by atoms with Gasteiger partial charge in [0.05, 0.1) is 18.1 Å². The lowest BCUT2D eigenvalue weighted by Crippen LogP contribution is -2.52. The van der Waals surface area contributed by atoms with Crippen LogP contribution in [0.25, 0.3) is 0 Å². The number of carbonyl (C=O) groups is 2. The van der Waals surface area contributed by atoms with Gasteiger partial charge >= 0.3 is 0 Å². The van der Waals surface area contributed by atoms with E-state index in [1.54, 1.807) is 17.0 Å². The number of sulfonamides is 1. The van der Waals surface area contributed by atoms with Crippen LogP contribution >= 0.6 is 0 Å². The van der Waals surface area contributed by atoms with E-state index in [1.807, 2.05) is 4.90 Å². The van der Waals surface area contributed by atoms with Crippen LogP contribution in [0.2, 0.25) is 0 Å². The Morgan fingerprint density at radius 3 is 2.21 bits per heavy atom. The Hall–Kier alpha value is -1.97. The van der Waals surface area contributed by atoms with Gasteiger partial charge in [-0.05, 0) is 31.0 Å². The Balaban J connectivity index is 1.42. The Kier molecular flexibility index (Phi) is 5.89. The second kappa shape index (κ2) is 8.41. The van der Waals surface area contributed by atoms with Crippen LogP contribution in [0.5, 0.6) is 0 Å². The normalized spacial score (nSPS) is 21.7. The van der Waals surface area contributed by atoms with Crippen molar-refractivity contribution in [3.8, 4) is 0 Å². The van der Waals surface area contributed by atoms with E-state index in [4.69, 9.17) is 4.74 Å². The van der Waals surface area contributed by atoms with E-state index in [2.05, 4.69) is 0 Å². The second-order valence-corrected chi connectivity index (χ2v) is 9.73. The van der Waals surface area contributed by atoms with Crippen LogP contribution < -0.4 is 0 Å². The molecule has 0 N–H and O–H groups in total. The van der Waals surface area contributed by atoms with Gasteiger partial charge in [0.1, 0.15) is 0 Å². The van der Waals surface area contributed by atoms with Gasteiger partial charge in [0, 0.05) is 50.7 Å². The molecule has 0 atom stereocenters. The zero-order chi connectivity index (χ0) is 20.4. The number of nitrogens with zero attached hydrogens (tertiary/aromatic N) is 3. The third-order valence-electron chi connectivity index (χ3n) is 6.02. The lowest BCUT2D eigenvalue weighted by atomic mass is 9.84. The van der Waals surface area contributed by atoms with Crippen LogP contribution in [0.4, 0.5) is 0 Å². The fraction of sp³-hybridized carbons (Fsp3) is 0.600. The summed E-state index contributed by atoms with van der Waals surface area (Å²) in [6, 6.07) is 6.24. The van der Waals surface area contributed by atoms with Crippen molar-refractivity contribution >= 4 is 21.8 Å². The predicted octanol–water partition coefficient (Wildman–Crippen LogP) is 0.792. The molecule has 29 heavy (non-hydrogen) atoms. The first kappa shape index (κ1) is 20.3. The molecule has 0 bridgehead atoms. The van der Waals surface area contributed by atoms with E-state index < -0.39 is 10.0 Å². The molecule has 0 unspecified atom stereocenters. The molecule has 0 spiro atoms. The number of morpholine rings is 1. The highest BCUT2D eigenvalue weighted by Crippen LogP contribution is 2.28. The minimum absolute atomic E-state index is 0.129. The van der Waals surface area contributed by atoms with Crippen LogP contribution in [0.3, 0.4) is 0 Å². The first-order valence-corrected chi connectivity index (χ1v) is 11.7. The molecule has 2 saturated heterocycles. The highest BCUT2D eigenvalue weighted by Gasteiger charge is 2.32. The van der Waals surface area contributed by atoms with Crippen LogP contribution in [0.15, 0.2) is 29.2 Å². The van der Waals surface area contributed by atoms with Gasteiger partial charge in [-0.2, -0.15) is 4.31 Å². The number of rotatable bonds is 4. The van der Waals surface area contributed by atoms with Crippen molar-refractivity contribution in [3.05, 3.63) is 29.8 Å². The molecule has 1 aromatic rings. The van der Waals surface area contributed by atoms with Crippen molar-refractivity contribution in [2.24, 2.45) is 5.92 Å². The van der Waals surface area contributed by atoms with Gasteiger partial charge in [0.2, 0.25) is 15.9 Å². The number of ether oxygens (including phenoxy) is 1. The summed E-state index contributed by atoms with van der Waals surface area (Å²) in [7, 11) is -3.65. The standard InChI is InChI=1S/C20H27N3O5S/c24-19(16-3-1-4-16)21-7-9-22(10-8-21)20(25)17-5-2-6-18(15-17)29(26,27)23-11-13-28-14-12-23/h2,5-6,15-16H,1,3-4,7-14H2. The van der Waals surface area contributed by atoms with E-state index in [-0.39, 0.29) is 22.6 Å². The quantitative estimate of drug-likeness (QED) is 0.718. The highest BCUT2D eigenvalue weighted by molar-refractivity contribution is 7.89. The summed E-state index contributed by atoms with van der Waals surface area (Å²) in [6.07, 6.45) is 3.07. The zero-order valence-corrected chi connectivity index (χ0v) is 17.3. The maximum Gasteiger partial charge on any atom is 0.254 e. The van der Waals surface area contributed by atoms with Crippen LogP contribution in [-0.2, 0) is 19.6 Å². The Bertz CT molecular complexity index is 870. The summed E-state index contributed by atoms with van der Waals surface area (Å²) < 4.78 is 32.3. The van der Waals surface area contributed by atoms with Crippen LogP contribution in [0, 0.1) is 5.92 Å². The van der Waals surface area contributed by atoms with Crippen molar-refractivity contribution in [1.29, 1.82) is 0 Å². The molecule has 4 rings (SSSR count). The van der Waals surface area contributed by atoms with E-state index >= 15 is 0 Å². The molecule has 0 aromatic heterocycles. The van der Waals surface area contributed by atoms with Crippen LogP contribution in [0.1, 0.15) is 29.6 Å². The summed E-state index contributed by atoms with van der Waals surface area (Å²) in [6.45, 7) is 3.40. The molecule has 1 aromatic carbocycles. The molecular formula is C20H27N3O5S. The lowest BCUT2D eigenvalue weighted by molar-refractivity contribution is -0.139. The molecule has 158 valence electrons. The molecule has 3 aliphatic rings. The molecule has 0 radical (unpaired) electrons. The average Bonchev–Trinajstić information content (AvgIpc) is 2.73. The van der Waals surface area contributed by atoms with E-state index in [9.17, 15) is 18.0 Å². The lowest BCUT2D eigenvalue weighted by Gasteiger charge is -2.38. The number of hydrogen-bond donors (Lipinski definition) is 0. The Morgan fingerprint density at radius 2 is 1.59 bits per heavy atom. The second-order valence-electron chi connectivity index (χ2n) is 7.79. The maximum atomic E-state index is 12.9. The van der Waals surface area contributed by atoms with Crippen molar-refractivity contribution in [2.45, 2.75) is 24.2 Å². The fourth-order valence-electron chi connectivity index (χ4n) is 3.95. The van der Waals surface area contributed by atoms with Gasteiger partial charge in [0.15, 0.2) is 0 Å². The molecule has 1 aliphatic carbocycles. The minimum atomic E-state index is -3.65. The van der Waals surface area contributed by atoms with Crippen LogP contribution in [-0.4, -0.2) is 86.8 Å². The minimum Gasteiger partial charge on any atom is -0.379 e. The molecule has 1 saturated carbocycles. The topological polar surface area (TPSA) is 87.2 Å². The number of hydrogen-bond acceptors (Lipinski definition) is 5. The maximum absolute atomic E-state index is 12.9. The smallest absolute Gasteiger partial charge is 0.254 e. The van der Waals surface area contributed by atoms with Crippen molar-refractivity contribution < 1.29 is 22.7 Å². The summed E-state index contributed by atoms with van der Waals surface area (Å²) in [5.41, 5.74) is 0.359. The number of piperazine rings is 1. The average molecular weight is 422 g/mol. The third-order valence-corrected chi connectivity index (χ3v) is 7.92. The summed E-state index contributed by atoms with van der Waals surface area (Å²) >= 11 is 0. The number of amides is 2. The van der Waals surface area contributed by atoms with E-state index in [1.165, 1.54) is 16.4 Å². The molecule has 2 heterocycles.